The Labute approximate surface area is 131 Å². The third-order valence-corrected chi connectivity index (χ3v) is 4.04. The van der Waals surface area contributed by atoms with Gasteiger partial charge in [0.15, 0.2) is 4.47 Å². The molecular weight excluding hydrogens is 317 g/mol. The van der Waals surface area contributed by atoms with Crippen molar-refractivity contribution in [1.29, 1.82) is 0 Å². The molecule has 7 heteroatoms. The van der Waals surface area contributed by atoms with Crippen molar-refractivity contribution in [3.05, 3.63) is 44.3 Å². The standard InChI is InChI=1S/C13H13Cl2N3OS/c1-18(2)12(19)10-5-8(3-4-11(10)14)16-6-9-7-17-13(15)20-9/h3-5,7,16H,6H2,1-2H3. The summed E-state index contributed by atoms with van der Waals surface area (Å²) in [5.41, 5.74) is 1.30. The van der Waals surface area contributed by atoms with Gasteiger partial charge in [0.25, 0.3) is 5.91 Å². The second kappa shape index (κ2) is 6.43. The van der Waals surface area contributed by atoms with Gasteiger partial charge in [-0.25, -0.2) is 4.98 Å². The zero-order valence-electron chi connectivity index (χ0n) is 11.0. The van der Waals surface area contributed by atoms with E-state index in [0.29, 0.717) is 21.6 Å². The van der Waals surface area contributed by atoms with Crippen LogP contribution in [0.1, 0.15) is 15.2 Å². The van der Waals surface area contributed by atoms with E-state index in [1.807, 2.05) is 6.07 Å². The fourth-order valence-corrected chi connectivity index (χ4v) is 2.71. The number of carbonyl (C=O) groups excluding carboxylic acids is 1. The first-order valence-electron chi connectivity index (χ1n) is 5.82. The SMILES string of the molecule is CN(C)C(=O)c1cc(NCc2cnc(Cl)s2)ccc1Cl. The molecule has 4 nitrogen and oxygen atoms in total. The molecule has 0 aliphatic carbocycles. The van der Waals surface area contributed by atoms with E-state index >= 15 is 0 Å². The van der Waals surface area contributed by atoms with E-state index in [4.69, 9.17) is 23.2 Å². The van der Waals surface area contributed by atoms with Gasteiger partial charge >= 0.3 is 0 Å². The Morgan fingerprint density at radius 3 is 2.75 bits per heavy atom. The second-order valence-corrected chi connectivity index (χ2v) is 6.43. The van der Waals surface area contributed by atoms with Crippen molar-refractivity contribution in [2.24, 2.45) is 0 Å². The largest absolute Gasteiger partial charge is 0.380 e. The predicted molar refractivity (Wildman–Crippen MR) is 83.9 cm³/mol. The van der Waals surface area contributed by atoms with Crippen LogP contribution in [0.4, 0.5) is 5.69 Å². The maximum Gasteiger partial charge on any atom is 0.254 e. The highest BCUT2D eigenvalue weighted by Crippen LogP contribution is 2.23. The number of hydrogen-bond acceptors (Lipinski definition) is 4. The highest BCUT2D eigenvalue weighted by molar-refractivity contribution is 7.15. The van der Waals surface area contributed by atoms with Crippen molar-refractivity contribution in [2.45, 2.75) is 6.54 Å². The molecule has 0 spiro atoms. The lowest BCUT2D eigenvalue weighted by molar-refractivity contribution is 0.0828. The van der Waals surface area contributed by atoms with Gasteiger partial charge in [0.2, 0.25) is 0 Å². The van der Waals surface area contributed by atoms with E-state index in [0.717, 1.165) is 10.6 Å². The first-order chi connectivity index (χ1) is 9.47. The highest BCUT2D eigenvalue weighted by Gasteiger charge is 2.13. The topological polar surface area (TPSA) is 45.2 Å². The number of anilines is 1. The number of nitrogens with zero attached hydrogens (tertiary/aromatic N) is 2. The Morgan fingerprint density at radius 1 is 1.40 bits per heavy atom. The van der Waals surface area contributed by atoms with Crippen molar-refractivity contribution in [2.75, 3.05) is 19.4 Å². The number of carbonyl (C=O) groups is 1. The molecule has 2 rings (SSSR count). The summed E-state index contributed by atoms with van der Waals surface area (Å²) in [6, 6.07) is 5.28. The molecule has 0 saturated carbocycles. The van der Waals surface area contributed by atoms with Crippen LogP contribution in [0.3, 0.4) is 0 Å². The van der Waals surface area contributed by atoms with Crippen LogP contribution < -0.4 is 5.32 Å². The van der Waals surface area contributed by atoms with Crippen molar-refractivity contribution in [1.82, 2.24) is 9.88 Å². The van der Waals surface area contributed by atoms with Crippen molar-refractivity contribution in [3.63, 3.8) is 0 Å². The molecule has 0 atom stereocenters. The van der Waals surface area contributed by atoms with E-state index in [1.54, 1.807) is 32.4 Å². The molecule has 1 aromatic carbocycles. The molecule has 1 N–H and O–H groups in total. The van der Waals surface area contributed by atoms with E-state index in [2.05, 4.69) is 10.3 Å². The van der Waals surface area contributed by atoms with Crippen molar-refractivity contribution >= 4 is 46.1 Å². The molecule has 20 heavy (non-hydrogen) atoms. The maximum absolute atomic E-state index is 12.0. The van der Waals surface area contributed by atoms with Gasteiger partial charge in [0, 0.05) is 30.9 Å². The Kier molecular flexibility index (Phi) is 4.86. The number of amides is 1. The first kappa shape index (κ1) is 15.1. The zero-order chi connectivity index (χ0) is 14.7. The van der Waals surface area contributed by atoms with Crippen LogP contribution in [0.5, 0.6) is 0 Å². The highest BCUT2D eigenvalue weighted by atomic mass is 35.5. The lowest BCUT2D eigenvalue weighted by Crippen LogP contribution is -2.22. The van der Waals surface area contributed by atoms with Crippen LogP contribution in [0.25, 0.3) is 0 Å². The summed E-state index contributed by atoms with van der Waals surface area (Å²) >= 11 is 13.2. The van der Waals surface area contributed by atoms with E-state index < -0.39 is 0 Å². The molecule has 0 saturated heterocycles. The molecule has 2 aromatic rings. The summed E-state index contributed by atoms with van der Waals surface area (Å²) in [5, 5.41) is 3.66. The molecule has 1 aromatic heterocycles. The average Bonchev–Trinajstić information content (AvgIpc) is 2.82. The first-order valence-corrected chi connectivity index (χ1v) is 7.40. The van der Waals surface area contributed by atoms with Crippen LogP contribution >= 0.6 is 34.5 Å². The van der Waals surface area contributed by atoms with Crippen molar-refractivity contribution < 1.29 is 4.79 Å². The van der Waals surface area contributed by atoms with Gasteiger partial charge in [-0.3, -0.25) is 4.79 Å². The summed E-state index contributed by atoms with van der Waals surface area (Å²) in [4.78, 5) is 18.5. The van der Waals surface area contributed by atoms with Gasteiger partial charge in [-0.1, -0.05) is 23.2 Å². The number of thiazole rings is 1. The smallest absolute Gasteiger partial charge is 0.254 e. The Bertz CT molecular complexity index is 628. The fraction of sp³-hybridized carbons (Fsp3) is 0.231. The number of halogens is 2. The summed E-state index contributed by atoms with van der Waals surface area (Å²) < 4.78 is 0.515. The average molecular weight is 330 g/mol. The van der Waals surface area contributed by atoms with Crippen LogP contribution in [0.2, 0.25) is 9.49 Å². The quantitative estimate of drug-likeness (QED) is 0.928. The van der Waals surface area contributed by atoms with Crippen molar-refractivity contribution in [3.8, 4) is 0 Å². The number of hydrogen-bond donors (Lipinski definition) is 1. The van der Waals surface area contributed by atoms with Crippen LogP contribution in [0.15, 0.2) is 24.4 Å². The summed E-state index contributed by atoms with van der Waals surface area (Å²) in [7, 11) is 3.39. The third kappa shape index (κ3) is 3.62. The molecule has 106 valence electrons. The minimum Gasteiger partial charge on any atom is -0.380 e. The molecule has 0 aliphatic rings. The molecular formula is C13H13Cl2N3OS. The van der Waals surface area contributed by atoms with Gasteiger partial charge < -0.3 is 10.2 Å². The molecule has 0 unspecified atom stereocenters. The molecule has 1 heterocycles. The van der Waals surface area contributed by atoms with Gasteiger partial charge in [-0.15, -0.1) is 11.3 Å². The Hall–Kier alpha value is -1.30. The minimum atomic E-state index is -0.125. The Morgan fingerprint density at radius 2 is 2.15 bits per heavy atom. The van der Waals surface area contributed by atoms with Gasteiger partial charge in [-0.05, 0) is 18.2 Å². The fourth-order valence-electron chi connectivity index (χ4n) is 1.59. The van der Waals surface area contributed by atoms with Crippen LogP contribution in [0, 0.1) is 0 Å². The number of rotatable bonds is 4. The zero-order valence-corrected chi connectivity index (χ0v) is 13.3. The molecule has 1 amide bonds. The predicted octanol–water partition coefficient (Wildman–Crippen LogP) is 3.76. The monoisotopic (exact) mass is 329 g/mol. The number of benzene rings is 1. The summed E-state index contributed by atoms with van der Waals surface area (Å²) in [6.45, 7) is 0.599. The number of aromatic nitrogens is 1. The van der Waals surface area contributed by atoms with Gasteiger partial charge in [0.1, 0.15) is 0 Å². The molecule has 0 radical (unpaired) electrons. The minimum absolute atomic E-state index is 0.125. The molecule has 0 bridgehead atoms. The molecule has 0 aliphatic heterocycles. The maximum atomic E-state index is 12.0. The second-order valence-electron chi connectivity index (χ2n) is 4.33. The van der Waals surface area contributed by atoms with E-state index in [1.165, 1.54) is 16.2 Å². The van der Waals surface area contributed by atoms with E-state index in [-0.39, 0.29) is 5.91 Å². The lowest BCUT2D eigenvalue weighted by atomic mass is 10.1. The third-order valence-electron chi connectivity index (χ3n) is 2.60. The summed E-state index contributed by atoms with van der Waals surface area (Å²) in [5.74, 6) is -0.125. The van der Waals surface area contributed by atoms with Crippen LogP contribution in [-0.2, 0) is 6.54 Å². The Balaban J connectivity index is 2.13. The normalized spacial score (nSPS) is 10.4. The van der Waals surface area contributed by atoms with Gasteiger partial charge in [0.05, 0.1) is 17.1 Å². The molecule has 0 fully saturated rings. The number of nitrogens with one attached hydrogen (secondary N) is 1. The van der Waals surface area contributed by atoms with Crippen LogP contribution in [-0.4, -0.2) is 29.9 Å². The lowest BCUT2D eigenvalue weighted by Gasteiger charge is -2.13. The van der Waals surface area contributed by atoms with E-state index in [9.17, 15) is 4.79 Å². The summed E-state index contributed by atoms with van der Waals surface area (Å²) in [6.07, 6.45) is 1.72. The van der Waals surface area contributed by atoms with Gasteiger partial charge in [-0.2, -0.15) is 0 Å².